The number of aryl methyl sites for hydroxylation is 2. The molecule has 3 rings (SSSR count). The lowest BCUT2D eigenvalue weighted by Gasteiger charge is -2.11. The van der Waals surface area contributed by atoms with E-state index in [4.69, 9.17) is 4.74 Å². The van der Waals surface area contributed by atoms with Crippen molar-refractivity contribution in [2.45, 2.75) is 20.8 Å². The molecule has 9 heteroatoms. The van der Waals surface area contributed by atoms with Crippen LogP contribution in [0.2, 0.25) is 0 Å². The van der Waals surface area contributed by atoms with Crippen LogP contribution in [0.1, 0.15) is 18.1 Å². The molecule has 1 aromatic heterocycles. The van der Waals surface area contributed by atoms with Gasteiger partial charge in [0.15, 0.2) is 0 Å². The number of hydrogen-bond donors (Lipinski definition) is 2. The number of ether oxygens (including phenoxy) is 1. The highest BCUT2D eigenvalue weighted by atomic mass is 16.6. The summed E-state index contributed by atoms with van der Waals surface area (Å²) in [6.07, 6.45) is 1.19. The zero-order chi connectivity index (χ0) is 21.0. The Hall–Kier alpha value is -4.01. The number of benzene rings is 2. The quantitative estimate of drug-likeness (QED) is 0.467. The van der Waals surface area contributed by atoms with Crippen LogP contribution in [0.15, 0.2) is 48.8 Å². The van der Waals surface area contributed by atoms with E-state index in [-0.39, 0.29) is 23.3 Å². The third kappa shape index (κ3) is 4.83. The molecule has 1 amide bonds. The Bertz CT molecular complexity index is 1070. The van der Waals surface area contributed by atoms with E-state index in [2.05, 4.69) is 20.6 Å². The third-order valence-corrected chi connectivity index (χ3v) is 4.13. The lowest BCUT2D eigenvalue weighted by Crippen LogP contribution is -2.06. The van der Waals surface area contributed by atoms with Gasteiger partial charge in [-0.2, -0.15) is 4.98 Å². The van der Waals surface area contributed by atoms with E-state index in [1.807, 2.05) is 19.9 Å². The zero-order valence-electron chi connectivity index (χ0n) is 16.1. The van der Waals surface area contributed by atoms with Crippen molar-refractivity contribution in [3.8, 4) is 11.6 Å². The minimum absolute atomic E-state index is 0.00360. The largest absolute Gasteiger partial charge is 0.434 e. The van der Waals surface area contributed by atoms with Crippen LogP contribution >= 0.6 is 0 Å². The minimum Gasteiger partial charge on any atom is -0.434 e. The molecule has 0 aliphatic heterocycles. The zero-order valence-corrected chi connectivity index (χ0v) is 16.1. The molecule has 0 aliphatic rings. The molecule has 148 valence electrons. The van der Waals surface area contributed by atoms with E-state index in [0.29, 0.717) is 17.1 Å². The minimum atomic E-state index is -0.593. The van der Waals surface area contributed by atoms with E-state index < -0.39 is 4.92 Å². The first-order chi connectivity index (χ1) is 13.8. The van der Waals surface area contributed by atoms with Crippen LogP contribution in [-0.4, -0.2) is 20.8 Å². The number of aromatic nitrogens is 2. The Kier molecular flexibility index (Phi) is 5.68. The van der Waals surface area contributed by atoms with Gasteiger partial charge in [-0.15, -0.1) is 0 Å². The van der Waals surface area contributed by atoms with E-state index in [0.717, 1.165) is 11.1 Å². The molecule has 2 aromatic carbocycles. The van der Waals surface area contributed by atoms with Crippen LogP contribution in [0.25, 0.3) is 0 Å². The third-order valence-electron chi connectivity index (χ3n) is 4.13. The number of anilines is 3. The molecule has 3 aromatic rings. The van der Waals surface area contributed by atoms with Crippen LogP contribution in [0.5, 0.6) is 11.6 Å². The molecular formula is C20H19N5O4. The molecule has 0 saturated carbocycles. The molecule has 0 aliphatic carbocycles. The van der Waals surface area contributed by atoms with Gasteiger partial charge in [-0.25, -0.2) is 4.98 Å². The lowest BCUT2D eigenvalue weighted by atomic mass is 10.1. The molecule has 0 fully saturated rings. The number of carbonyl (C=O) groups excluding carboxylic acids is 1. The summed E-state index contributed by atoms with van der Waals surface area (Å²) in [5.41, 5.74) is 2.87. The Morgan fingerprint density at radius 1 is 1.03 bits per heavy atom. The highest BCUT2D eigenvalue weighted by Gasteiger charge is 2.25. The number of nitro groups is 1. The van der Waals surface area contributed by atoms with Gasteiger partial charge in [0.1, 0.15) is 12.1 Å². The molecule has 0 bridgehead atoms. The first kappa shape index (κ1) is 19.7. The van der Waals surface area contributed by atoms with E-state index in [1.165, 1.54) is 13.3 Å². The fraction of sp³-hybridized carbons (Fsp3) is 0.150. The van der Waals surface area contributed by atoms with Gasteiger partial charge in [0.25, 0.3) is 0 Å². The maximum atomic E-state index is 11.7. The van der Waals surface area contributed by atoms with Crippen LogP contribution in [0.3, 0.4) is 0 Å². The van der Waals surface area contributed by atoms with Crippen molar-refractivity contribution in [2.75, 3.05) is 10.6 Å². The first-order valence-electron chi connectivity index (χ1n) is 8.72. The van der Waals surface area contributed by atoms with Gasteiger partial charge < -0.3 is 15.4 Å². The van der Waals surface area contributed by atoms with Gasteiger partial charge in [-0.05, 0) is 61.4 Å². The van der Waals surface area contributed by atoms with Gasteiger partial charge in [0.2, 0.25) is 11.7 Å². The summed E-state index contributed by atoms with van der Waals surface area (Å²) in [4.78, 5) is 30.1. The summed E-state index contributed by atoms with van der Waals surface area (Å²) in [5, 5.41) is 17.2. The predicted octanol–water partition coefficient (Wildman–Crippen LogP) is 4.50. The number of rotatable bonds is 6. The molecule has 2 N–H and O–H groups in total. The van der Waals surface area contributed by atoms with Crippen molar-refractivity contribution >= 4 is 28.8 Å². The van der Waals surface area contributed by atoms with Crippen LogP contribution in [0.4, 0.5) is 22.9 Å². The van der Waals surface area contributed by atoms with E-state index in [9.17, 15) is 14.9 Å². The molecule has 29 heavy (non-hydrogen) atoms. The Balaban J connectivity index is 1.89. The Morgan fingerprint density at radius 3 is 2.34 bits per heavy atom. The first-order valence-corrected chi connectivity index (χ1v) is 8.72. The molecule has 9 nitrogen and oxygen atoms in total. The number of amides is 1. The monoisotopic (exact) mass is 393 g/mol. The van der Waals surface area contributed by atoms with Crippen LogP contribution < -0.4 is 15.4 Å². The molecule has 0 atom stereocenters. The molecule has 0 radical (unpaired) electrons. The van der Waals surface area contributed by atoms with Crippen molar-refractivity contribution in [3.05, 3.63) is 70.0 Å². The Morgan fingerprint density at radius 2 is 1.72 bits per heavy atom. The van der Waals surface area contributed by atoms with Crippen molar-refractivity contribution in [2.24, 2.45) is 0 Å². The molecule has 0 saturated heterocycles. The van der Waals surface area contributed by atoms with Gasteiger partial charge in [-0.1, -0.05) is 6.07 Å². The molecule has 1 heterocycles. The van der Waals surface area contributed by atoms with Crippen LogP contribution in [-0.2, 0) is 4.79 Å². The summed E-state index contributed by atoms with van der Waals surface area (Å²) < 4.78 is 5.67. The van der Waals surface area contributed by atoms with Crippen LogP contribution in [0, 0.1) is 24.0 Å². The van der Waals surface area contributed by atoms with Gasteiger partial charge in [0, 0.05) is 18.3 Å². The maximum Gasteiger partial charge on any atom is 0.373 e. The number of nitrogens with one attached hydrogen (secondary N) is 2. The standard InChI is InChI=1S/C20H19N5O4/c1-12-4-9-17(10-13(12)2)29-20-18(25(27)28)19(21-11-22-20)24-16-7-5-15(6-8-16)23-14(3)26/h4-11H,1-3H3,(H,23,26)(H,21,22,24). The van der Waals surface area contributed by atoms with Gasteiger partial charge >= 0.3 is 11.6 Å². The second-order valence-electron chi connectivity index (χ2n) is 6.36. The summed E-state index contributed by atoms with van der Waals surface area (Å²) in [5.74, 6) is 0.0903. The summed E-state index contributed by atoms with van der Waals surface area (Å²) in [7, 11) is 0. The van der Waals surface area contributed by atoms with Crippen molar-refractivity contribution in [1.29, 1.82) is 0 Å². The fourth-order valence-electron chi connectivity index (χ4n) is 2.56. The highest BCUT2D eigenvalue weighted by molar-refractivity contribution is 5.88. The second-order valence-corrected chi connectivity index (χ2v) is 6.36. The second kappa shape index (κ2) is 8.34. The summed E-state index contributed by atoms with van der Waals surface area (Å²) in [6.45, 7) is 5.30. The summed E-state index contributed by atoms with van der Waals surface area (Å²) >= 11 is 0. The normalized spacial score (nSPS) is 10.3. The average molecular weight is 393 g/mol. The van der Waals surface area contributed by atoms with E-state index in [1.54, 1.807) is 36.4 Å². The fourth-order valence-corrected chi connectivity index (χ4v) is 2.56. The van der Waals surface area contributed by atoms with Crippen molar-refractivity contribution in [3.63, 3.8) is 0 Å². The lowest BCUT2D eigenvalue weighted by molar-refractivity contribution is -0.385. The number of carbonyl (C=O) groups is 1. The van der Waals surface area contributed by atoms with Crippen molar-refractivity contribution in [1.82, 2.24) is 9.97 Å². The van der Waals surface area contributed by atoms with Gasteiger partial charge in [0.05, 0.1) is 4.92 Å². The van der Waals surface area contributed by atoms with Gasteiger partial charge in [-0.3, -0.25) is 14.9 Å². The molecule has 0 spiro atoms. The van der Waals surface area contributed by atoms with Crippen molar-refractivity contribution < 1.29 is 14.5 Å². The smallest absolute Gasteiger partial charge is 0.373 e. The predicted molar refractivity (Wildman–Crippen MR) is 109 cm³/mol. The van der Waals surface area contributed by atoms with E-state index >= 15 is 0 Å². The molecular weight excluding hydrogens is 374 g/mol. The SMILES string of the molecule is CC(=O)Nc1ccc(Nc2ncnc(Oc3ccc(C)c(C)c3)c2[N+](=O)[O-])cc1. The highest BCUT2D eigenvalue weighted by Crippen LogP contribution is 2.35. The maximum absolute atomic E-state index is 11.7. The topological polar surface area (TPSA) is 119 Å². The Labute approximate surface area is 166 Å². The number of nitrogens with zero attached hydrogens (tertiary/aromatic N) is 3. The average Bonchev–Trinajstić information content (AvgIpc) is 2.66. The summed E-state index contributed by atoms with van der Waals surface area (Å²) in [6, 6.07) is 12.1. The number of hydrogen-bond acceptors (Lipinski definition) is 7. The molecule has 0 unspecified atom stereocenters.